The Hall–Kier alpha value is -0.910. The number of amides is 1. The van der Waals surface area contributed by atoms with Crippen LogP contribution in [0.15, 0.2) is 28.7 Å². The fraction of sp³-hybridized carbons (Fsp3) is 0.500. The van der Waals surface area contributed by atoms with Crippen LogP contribution in [0.2, 0.25) is 0 Å². The average molecular weight is 324 g/mol. The fourth-order valence-corrected chi connectivity index (χ4v) is 3.05. The number of carbonyl (C=O) groups excluding carboxylic acids is 1. The molecular formula is C14H18BrN3O. The first kappa shape index (κ1) is 13.1. The molecule has 19 heavy (non-hydrogen) atoms. The topological polar surface area (TPSA) is 53.2 Å². The van der Waals surface area contributed by atoms with Gasteiger partial charge in [0.25, 0.3) is 0 Å². The minimum atomic E-state index is 0.156. The molecule has 1 amide bonds. The molecule has 0 aromatic heterocycles. The van der Waals surface area contributed by atoms with Gasteiger partial charge in [0.1, 0.15) is 0 Å². The maximum Gasteiger partial charge on any atom is 0.223 e. The Labute approximate surface area is 121 Å². The van der Waals surface area contributed by atoms with Gasteiger partial charge in [-0.2, -0.15) is 0 Å². The molecule has 0 radical (unpaired) electrons. The molecule has 3 rings (SSSR count). The monoisotopic (exact) mass is 323 g/mol. The van der Waals surface area contributed by atoms with Crippen LogP contribution in [0.4, 0.5) is 0 Å². The predicted molar refractivity (Wildman–Crippen MR) is 77.5 cm³/mol. The van der Waals surface area contributed by atoms with Gasteiger partial charge < -0.3 is 5.32 Å². The van der Waals surface area contributed by atoms with Crippen molar-refractivity contribution in [1.82, 2.24) is 16.2 Å². The first-order chi connectivity index (χ1) is 9.24. The summed E-state index contributed by atoms with van der Waals surface area (Å²) in [6, 6.07) is 8.62. The van der Waals surface area contributed by atoms with Gasteiger partial charge in [-0.3, -0.25) is 15.6 Å². The molecule has 2 aliphatic rings. The molecule has 0 bridgehead atoms. The highest BCUT2D eigenvalue weighted by atomic mass is 79.9. The molecule has 1 aromatic rings. The second-order valence-electron chi connectivity index (χ2n) is 5.31. The maximum atomic E-state index is 12.1. The lowest BCUT2D eigenvalue weighted by Gasteiger charge is -2.10. The summed E-state index contributed by atoms with van der Waals surface area (Å²) in [5, 5.41) is 3.05. The Morgan fingerprint density at radius 1 is 1.47 bits per heavy atom. The molecule has 5 heteroatoms. The van der Waals surface area contributed by atoms with E-state index in [1.54, 1.807) is 0 Å². The summed E-state index contributed by atoms with van der Waals surface area (Å²) in [6.07, 6.45) is 2.04. The molecule has 0 spiro atoms. The van der Waals surface area contributed by atoms with Crippen LogP contribution in [0, 0.1) is 5.92 Å². The molecule has 3 unspecified atom stereocenters. The number of halogens is 1. The van der Waals surface area contributed by atoms with E-state index in [2.05, 4.69) is 44.2 Å². The molecular weight excluding hydrogens is 306 g/mol. The Balaban J connectivity index is 1.50. The van der Waals surface area contributed by atoms with Gasteiger partial charge in [-0.1, -0.05) is 28.1 Å². The van der Waals surface area contributed by atoms with Crippen LogP contribution in [0.1, 0.15) is 24.3 Å². The largest absolute Gasteiger partial charge is 0.354 e. The first-order valence-corrected chi connectivity index (χ1v) is 7.55. The van der Waals surface area contributed by atoms with Crippen LogP contribution in [0.5, 0.6) is 0 Å². The van der Waals surface area contributed by atoms with Crippen LogP contribution >= 0.6 is 15.9 Å². The number of benzene rings is 1. The quantitative estimate of drug-likeness (QED) is 0.787. The summed E-state index contributed by atoms with van der Waals surface area (Å²) < 4.78 is 1.08. The van der Waals surface area contributed by atoms with Crippen molar-refractivity contribution in [1.29, 1.82) is 0 Å². The summed E-state index contributed by atoms with van der Waals surface area (Å²) in [6.45, 7) is 1.69. The molecule has 1 aliphatic carbocycles. The average Bonchev–Trinajstić information content (AvgIpc) is 3.04. The molecule has 102 valence electrons. The lowest BCUT2D eigenvalue weighted by Crippen LogP contribution is -2.40. The fourth-order valence-electron chi connectivity index (χ4n) is 2.63. The van der Waals surface area contributed by atoms with Crippen LogP contribution < -0.4 is 16.2 Å². The van der Waals surface area contributed by atoms with E-state index in [1.165, 1.54) is 5.56 Å². The Morgan fingerprint density at radius 3 is 3.11 bits per heavy atom. The lowest BCUT2D eigenvalue weighted by molar-refractivity contribution is -0.122. The van der Waals surface area contributed by atoms with Crippen molar-refractivity contribution in [3.8, 4) is 0 Å². The molecule has 4 nitrogen and oxygen atoms in total. The minimum Gasteiger partial charge on any atom is -0.354 e. The third-order valence-electron chi connectivity index (χ3n) is 3.85. The van der Waals surface area contributed by atoms with Gasteiger partial charge in [0, 0.05) is 29.5 Å². The smallest absolute Gasteiger partial charge is 0.223 e. The van der Waals surface area contributed by atoms with Crippen LogP contribution in [-0.4, -0.2) is 25.0 Å². The standard InChI is InChI=1S/C14H18BrN3O/c15-10-3-1-2-9(6-10)12-7-13(12)14(19)16-8-11-4-5-17-18-11/h1-3,6,11-13,17-18H,4-5,7-8H2,(H,16,19). The van der Waals surface area contributed by atoms with Gasteiger partial charge in [0.15, 0.2) is 0 Å². The van der Waals surface area contributed by atoms with Gasteiger partial charge in [0.05, 0.1) is 0 Å². The van der Waals surface area contributed by atoms with Crippen LogP contribution in [-0.2, 0) is 4.79 Å². The predicted octanol–water partition coefficient (Wildman–Crippen LogP) is 1.54. The number of hydrazine groups is 1. The van der Waals surface area contributed by atoms with Gasteiger partial charge in [-0.25, -0.2) is 0 Å². The summed E-state index contributed by atoms with van der Waals surface area (Å²) in [5.41, 5.74) is 7.49. The van der Waals surface area contributed by atoms with Gasteiger partial charge in [-0.15, -0.1) is 0 Å². The molecule has 1 aliphatic heterocycles. The highest BCUT2D eigenvalue weighted by Gasteiger charge is 2.43. The van der Waals surface area contributed by atoms with E-state index in [0.717, 1.165) is 23.9 Å². The molecule has 1 heterocycles. The second kappa shape index (κ2) is 5.61. The van der Waals surface area contributed by atoms with E-state index in [4.69, 9.17) is 0 Å². The highest BCUT2D eigenvalue weighted by molar-refractivity contribution is 9.10. The van der Waals surface area contributed by atoms with Gasteiger partial charge >= 0.3 is 0 Å². The number of rotatable bonds is 4. The molecule has 2 fully saturated rings. The summed E-state index contributed by atoms with van der Waals surface area (Å²) >= 11 is 3.47. The van der Waals surface area contributed by atoms with Crippen LogP contribution in [0.3, 0.4) is 0 Å². The third-order valence-corrected chi connectivity index (χ3v) is 4.34. The molecule has 3 N–H and O–H groups in total. The Kier molecular flexibility index (Phi) is 3.86. The summed E-state index contributed by atoms with van der Waals surface area (Å²) in [5.74, 6) is 0.745. The van der Waals surface area contributed by atoms with E-state index in [1.807, 2.05) is 12.1 Å². The van der Waals surface area contributed by atoms with E-state index in [-0.39, 0.29) is 11.8 Å². The van der Waals surface area contributed by atoms with Crippen molar-refractivity contribution in [3.63, 3.8) is 0 Å². The third kappa shape index (κ3) is 3.16. The van der Waals surface area contributed by atoms with Gasteiger partial charge in [0.2, 0.25) is 5.91 Å². The highest BCUT2D eigenvalue weighted by Crippen LogP contribution is 2.47. The van der Waals surface area contributed by atoms with E-state index in [9.17, 15) is 4.79 Å². The Morgan fingerprint density at radius 2 is 2.37 bits per heavy atom. The van der Waals surface area contributed by atoms with Crippen molar-refractivity contribution in [2.45, 2.75) is 24.8 Å². The van der Waals surface area contributed by atoms with Crippen molar-refractivity contribution >= 4 is 21.8 Å². The zero-order valence-corrected chi connectivity index (χ0v) is 12.2. The zero-order valence-electron chi connectivity index (χ0n) is 10.7. The number of nitrogens with one attached hydrogen (secondary N) is 3. The van der Waals surface area contributed by atoms with Crippen LogP contribution in [0.25, 0.3) is 0 Å². The van der Waals surface area contributed by atoms with E-state index in [0.29, 0.717) is 18.5 Å². The second-order valence-corrected chi connectivity index (χ2v) is 6.22. The van der Waals surface area contributed by atoms with Crippen molar-refractivity contribution in [2.75, 3.05) is 13.1 Å². The summed E-state index contributed by atoms with van der Waals surface area (Å²) in [7, 11) is 0. The maximum absolute atomic E-state index is 12.1. The van der Waals surface area contributed by atoms with E-state index >= 15 is 0 Å². The van der Waals surface area contributed by atoms with Gasteiger partial charge in [-0.05, 0) is 36.5 Å². The van der Waals surface area contributed by atoms with Crippen molar-refractivity contribution in [2.24, 2.45) is 5.92 Å². The Bertz CT molecular complexity index is 474. The molecule has 3 atom stereocenters. The van der Waals surface area contributed by atoms with Crippen molar-refractivity contribution in [3.05, 3.63) is 34.3 Å². The molecule has 1 saturated carbocycles. The summed E-state index contributed by atoms with van der Waals surface area (Å²) in [4.78, 5) is 12.1. The zero-order chi connectivity index (χ0) is 13.2. The number of carbonyl (C=O) groups is 1. The molecule has 1 aromatic carbocycles. The number of hydrogen-bond donors (Lipinski definition) is 3. The van der Waals surface area contributed by atoms with E-state index < -0.39 is 0 Å². The minimum absolute atomic E-state index is 0.156. The SMILES string of the molecule is O=C(NCC1CCNN1)C1CC1c1cccc(Br)c1. The number of hydrogen-bond acceptors (Lipinski definition) is 3. The van der Waals surface area contributed by atoms with Crippen molar-refractivity contribution < 1.29 is 4.79 Å². The molecule has 1 saturated heterocycles. The lowest BCUT2D eigenvalue weighted by atomic mass is 10.1. The normalized spacial score (nSPS) is 29.2. The first-order valence-electron chi connectivity index (χ1n) is 6.75.